The minimum Gasteiger partial charge on any atom is -0.462 e. The molecule has 3 rings (SSSR count). The standard InChI is InChI=1S/C17H18N2O3S/c1-2-22-17(21)14-11-7-3-4-9-13(11)23-16(14)19-15(20)12-8-5-6-10-18-12/h5-6,8,10H,2-4,7,9H2,1H3,(H,19,20). The molecule has 0 saturated heterocycles. The van der Waals surface area contributed by atoms with Gasteiger partial charge in [-0.3, -0.25) is 9.78 Å². The number of nitrogens with one attached hydrogen (secondary N) is 1. The highest BCUT2D eigenvalue weighted by Gasteiger charge is 2.27. The largest absolute Gasteiger partial charge is 0.462 e. The lowest BCUT2D eigenvalue weighted by Crippen LogP contribution is -2.16. The lowest BCUT2D eigenvalue weighted by molar-refractivity contribution is 0.0526. The first kappa shape index (κ1) is 15.7. The van der Waals surface area contributed by atoms with Crippen molar-refractivity contribution in [3.8, 4) is 0 Å². The summed E-state index contributed by atoms with van der Waals surface area (Å²) in [5, 5.41) is 3.41. The Morgan fingerprint density at radius 3 is 2.87 bits per heavy atom. The molecular formula is C17H18N2O3S. The lowest BCUT2D eigenvalue weighted by atomic mass is 9.95. The van der Waals surface area contributed by atoms with E-state index in [2.05, 4.69) is 10.3 Å². The maximum Gasteiger partial charge on any atom is 0.341 e. The lowest BCUT2D eigenvalue weighted by Gasteiger charge is -2.12. The van der Waals surface area contributed by atoms with Gasteiger partial charge < -0.3 is 10.1 Å². The third-order valence-electron chi connectivity index (χ3n) is 3.78. The Balaban J connectivity index is 1.93. The summed E-state index contributed by atoms with van der Waals surface area (Å²) in [5.41, 5.74) is 1.89. The number of pyridine rings is 1. The van der Waals surface area contributed by atoms with Crippen molar-refractivity contribution in [1.82, 2.24) is 4.98 Å². The second kappa shape index (κ2) is 6.91. The van der Waals surface area contributed by atoms with Crippen LogP contribution in [0, 0.1) is 0 Å². The Morgan fingerprint density at radius 2 is 2.13 bits per heavy atom. The summed E-state index contributed by atoms with van der Waals surface area (Å²) in [7, 11) is 0. The van der Waals surface area contributed by atoms with E-state index in [9.17, 15) is 9.59 Å². The molecule has 23 heavy (non-hydrogen) atoms. The average molecular weight is 330 g/mol. The van der Waals surface area contributed by atoms with E-state index in [4.69, 9.17) is 4.74 Å². The van der Waals surface area contributed by atoms with E-state index in [-0.39, 0.29) is 11.9 Å². The van der Waals surface area contributed by atoms with Gasteiger partial charge in [-0.15, -0.1) is 11.3 Å². The van der Waals surface area contributed by atoms with Crippen molar-refractivity contribution in [2.24, 2.45) is 0 Å². The van der Waals surface area contributed by atoms with Gasteiger partial charge in [0.05, 0.1) is 12.2 Å². The molecule has 0 aliphatic heterocycles. The van der Waals surface area contributed by atoms with Gasteiger partial charge in [-0.25, -0.2) is 4.79 Å². The van der Waals surface area contributed by atoms with E-state index in [1.807, 2.05) is 0 Å². The van der Waals surface area contributed by atoms with E-state index in [0.717, 1.165) is 31.2 Å². The maximum absolute atomic E-state index is 12.3. The van der Waals surface area contributed by atoms with Gasteiger partial charge in [0.2, 0.25) is 0 Å². The molecule has 0 aromatic carbocycles. The van der Waals surface area contributed by atoms with Crippen LogP contribution in [0.25, 0.3) is 0 Å². The summed E-state index contributed by atoms with van der Waals surface area (Å²) < 4.78 is 5.18. The van der Waals surface area contributed by atoms with Gasteiger partial charge in [0.25, 0.3) is 5.91 Å². The topological polar surface area (TPSA) is 68.3 Å². The molecule has 1 aliphatic carbocycles. The van der Waals surface area contributed by atoms with Gasteiger partial charge in [0.15, 0.2) is 0 Å². The van der Waals surface area contributed by atoms with Crippen molar-refractivity contribution in [3.63, 3.8) is 0 Å². The van der Waals surface area contributed by atoms with Gasteiger partial charge in [-0.1, -0.05) is 6.07 Å². The van der Waals surface area contributed by atoms with Crippen LogP contribution in [-0.2, 0) is 17.6 Å². The number of esters is 1. The Kier molecular flexibility index (Phi) is 4.71. The number of amides is 1. The van der Waals surface area contributed by atoms with Gasteiger partial charge in [0.1, 0.15) is 10.7 Å². The summed E-state index contributed by atoms with van der Waals surface area (Å²) in [6.07, 6.45) is 5.55. The van der Waals surface area contributed by atoms with Crippen LogP contribution in [0.3, 0.4) is 0 Å². The van der Waals surface area contributed by atoms with Crippen molar-refractivity contribution in [3.05, 3.63) is 46.1 Å². The number of nitrogens with zero attached hydrogens (tertiary/aromatic N) is 1. The molecule has 0 radical (unpaired) electrons. The van der Waals surface area contributed by atoms with Crippen LogP contribution >= 0.6 is 11.3 Å². The molecular weight excluding hydrogens is 312 g/mol. The summed E-state index contributed by atoms with van der Waals surface area (Å²) in [6.45, 7) is 2.10. The van der Waals surface area contributed by atoms with Crippen molar-refractivity contribution in [1.29, 1.82) is 0 Å². The number of ether oxygens (including phenoxy) is 1. The van der Waals surface area contributed by atoms with Crippen LogP contribution in [-0.4, -0.2) is 23.5 Å². The van der Waals surface area contributed by atoms with Crippen LogP contribution in [0.4, 0.5) is 5.00 Å². The Hall–Kier alpha value is -2.21. The molecule has 0 saturated carbocycles. The number of hydrogen-bond acceptors (Lipinski definition) is 5. The summed E-state index contributed by atoms with van der Waals surface area (Å²) in [4.78, 5) is 29.9. The molecule has 1 amide bonds. The van der Waals surface area contributed by atoms with Crippen LogP contribution in [0.15, 0.2) is 24.4 Å². The number of fused-ring (bicyclic) bond motifs is 1. The molecule has 0 bridgehead atoms. The molecule has 2 aromatic rings. The zero-order chi connectivity index (χ0) is 16.2. The number of rotatable bonds is 4. The first-order valence-electron chi connectivity index (χ1n) is 7.74. The zero-order valence-electron chi connectivity index (χ0n) is 12.9. The van der Waals surface area contributed by atoms with Crippen molar-refractivity contribution >= 4 is 28.2 Å². The molecule has 5 nitrogen and oxygen atoms in total. The second-order valence-corrected chi connectivity index (χ2v) is 6.41. The number of carbonyl (C=O) groups excluding carboxylic acids is 2. The molecule has 1 aliphatic rings. The molecule has 6 heteroatoms. The number of thiophene rings is 1. The fraction of sp³-hybridized carbons (Fsp3) is 0.353. The first-order valence-corrected chi connectivity index (χ1v) is 8.56. The van der Waals surface area contributed by atoms with E-state index in [0.29, 0.717) is 22.9 Å². The van der Waals surface area contributed by atoms with Crippen LogP contribution < -0.4 is 5.32 Å². The van der Waals surface area contributed by atoms with Gasteiger partial charge in [0, 0.05) is 11.1 Å². The highest BCUT2D eigenvalue weighted by molar-refractivity contribution is 7.17. The molecule has 120 valence electrons. The molecule has 0 spiro atoms. The maximum atomic E-state index is 12.3. The third kappa shape index (κ3) is 3.27. The zero-order valence-corrected chi connectivity index (χ0v) is 13.7. The first-order chi connectivity index (χ1) is 11.2. The average Bonchev–Trinajstić information content (AvgIpc) is 2.93. The normalized spacial score (nSPS) is 13.3. The monoisotopic (exact) mass is 330 g/mol. The number of hydrogen-bond donors (Lipinski definition) is 1. The van der Waals surface area contributed by atoms with Crippen LogP contribution in [0.5, 0.6) is 0 Å². The molecule has 2 aromatic heterocycles. The number of aromatic nitrogens is 1. The van der Waals surface area contributed by atoms with E-state index in [1.54, 1.807) is 31.3 Å². The predicted octanol–water partition coefficient (Wildman–Crippen LogP) is 3.45. The Morgan fingerprint density at radius 1 is 1.30 bits per heavy atom. The fourth-order valence-corrected chi connectivity index (χ4v) is 4.01. The second-order valence-electron chi connectivity index (χ2n) is 5.30. The molecule has 1 N–H and O–H groups in total. The van der Waals surface area contributed by atoms with Crippen LogP contribution in [0.2, 0.25) is 0 Å². The van der Waals surface area contributed by atoms with Gasteiger partial charge in [-0.05, 0) is 50.3 Å². The van der Waals surface area contributed by atoms with Gasteiger partial charge >= 0.3 is 5.97 Å². The Bertz CT molecular complexity index is 725. The SMILES string of the molecule is CCOC(=O)c1c(NC(=O)c2ccccn2)sc2c1CCCC2. The van der Waals surface area contributed by atoms with Crippen molar-refractivity contribution in [2.45, 2.75) is 32.6 Å². The summed E-state index contributed by atoms with van der Waals surface area (Å²) in [5.74, 6) is -0.669. The van der Waals surface area contributed by atoms with Gasteiger partial charge in [-0.2, -0.15) is 0 Å². The Labute approximate surface area is 138 Å². The van der Waals surface area contributed by atoms with E-state index >= 15 is 0 Å². The van der Waals surface area contributed by atoms with Crippen LogP contribution in [0.1, 0.15) is 51.1 Å². The third-order valence-corrected chi connectivity index (χ3v) is 4.98. The molecule has 2 heterocycles. The summed E-state index contributed by atoms with van der Waals surface area (Å²) >= 11 is 1.48. The van der Waals surface area contributed by atoms with E-state index in [1.165, 1.54) is 16.2 Å². The molecule has 0 unspecified atom stereocenters. The minimum absolute atomic E-state index is 0.310. The highest BCUT2D eigenvalue weighted by atomic mass is 32.1. The highest BCUT2D eigenvalue weighted by Crippen LogP contribution is 2.38. The minimum atomic E-state index is -0.358. The number of carbonyl (C=O) groups is 2. The summed E-state index contributed by atoms with van der Waals surface area (Å²) in [6, 6.07) is 5.16. The molecule has 0 fully saturated rings. The van der Waals surface area contributed by atoms with Crippen molar-refractivity contribution < 1.29 is 14.3 Å². The molecule has 0 atom stereocenters. The smallest absolute Gasteiger partial charge is 0.341 e. The fourth-order valence-electron chi connectivity index (χ4n) is 2.74. The number of anilines is 1. The predicted molar refractivity (Wildman–Crippen MR) is 89.1 cm³/mol. The van der Waals surface area contributed by atoms with E-state index < -0.39 is 0 Å². The quantitative estimate of drug-likeness (QED) is 0.872. The number of aryl methyl sites for hydroxylation is 1. The van der Waals surface area contributed by atoms with Crippen molar-refractivity contribution in [2.75, 3.05) is 11.9 Å².